The van der Waals surface area contributed by atoms with E-state index in [4.69, 9.17) is 9.97 Å². The lowest BCUT2D eigenvalue weighted by Gasteiger charge is -2.24. The number of fused-ring (bicyclic) bond motifs is 1. The lowest BCUT2D eigenvalue weighted by Crippen LogP contribution is -2.34. The summed E-state index contributed by atoms with van der Waals surface area (Å²) >= 11 is 0. The molecule has 2 aromatic rings. The summed E-state index contributed by atoms with van der Waals surface area (Å²) in [6.45, 7) is 2.44. The van der Waals surface area contributed by atoms with Crippen LogP contribution in [0, 0.1) is 0 Å². The normalized spacial score (nSPS) is 16.4. The van der Waals surface area contributed by atoms with E-state index in [0.717, 1.165) is 62.5 Å². The molecule has 0 atom stereocenters. The predicted molar refractivity (Wildman–Crippen MR) is 96.4 cm³/mol. The highest BCUT2D eigenvalue weighted by molar-refractivity contribution is 5.78. The molecule has 6 heteroatoms. The van der Waals surface area contributed by atoms with E-state index in [0.29, 0.717) is 6.42 Å². The fourth-order valence-electron chi connectivity index (χ4n) is 3.68. The van der Waals surface area contributed by atoms with Crippen molar-refractivity contribution >= 4 is 11.7 Å². The molecule has 0 radical (unpaired) electrons. The number of aromatic nitrogens is 3. The number of nitrogens with zero attached hydrogens (tertiary/aromatic N) is 5. The van der Waals surface area contributed by atoms with Crippen molar-refractivity contribution in [3.8, 4) is 11.4 Å². The Morgan fingerprint density at radius 2 is 1.96 bits per heavy atom. The fourth-order valence-corrected chi connectivity index (χ4v) is 3.68. The quantitative estimate of drug-likeness (QED) is 0.836. The van der Waals surface area contributed by atoms with Gasteiger partial charge in [-0.3, -0.25) is 9.78 Å². The van der Waals surface area contributed by atoms with Gasteiger partial charge in [-0.05, 0) is 37.8 Å². The largest absolute Gasteiger partial charge is 0.358 e. The number of anilines is 1. The zero-order valence-corrected chi connectivity index (χ0v) is 14.6. The molecule has 4 rings (SSSR count). The molecule has 25 heavy (non-hydrogen) atoms. The molecular formula is C19H23N5O. The summed E-state index contributed by atoms with van der Waals surface area (Å²) in [4.78, 5) is 29.7. The van der Waals surface area contributed by atoms with Crippen LogP contribution in [-0.2, 0) is 17.6 Å². The molecule has 1 fully saturated rings. The molecule has 0 saturated carbocycles. The van der Waals surface area contributed by atoms with Crippen LogP contribution in [0.3, 0.4) is 0 Å². The average molecular weight is 337 g/mol. The lowest BCUT2D eigenvalue weighted by molar-refractivity contribution is -0.127. The molecule has 130 valence electrons. The highest BCUT2D eigenvalue weighted by Gasteiger charge is 2.24. The second kappa shape index (κ2) is 6.78. The van der Waals surface area contributed by atoms with Crippen LogP contribution in [0.15, 0.2) is 24.5 Å². The topological polar surface area (TPSA) is 62.2 Å². The van der Waals surface area contributed by atoms with Gasteiger partial charge in [0.1, 0.15) is 5.82 Å². The van der Waals surface area contributed by atoms with Crippen LogP contribution < -0.4 is 4.90 Å². The third-order valence-corrected chi connectivity index (χ3v) is 5.09. The number of pyridine rings is 1. The van der Waals surface area contributed by atoms with E-state index in [2.05, 4.69) is 16.9 Å². The highest BCUT2D eigenvalue weighted by Crippen LogP contribution is 2.30. The Balaban J connectivity index is 1.59. The maximum Gasteiger partial charge on any atom is 0.222 e. The van der Waals surface area contributed by atoms with Crippen molar-refractivity contribution in [1.82, 2.24) is 19.9 Å². The van der Waals surface area contributed by atoms with E-state index in [1.54, 1.807) is 12.4 Å². The third kappa shape index (κ3) is 3.21. The Morgan fingerprint density at radius 3 is 2.72 bits per heavy atom. The van der Waals surface area contributed by atoms with Gasteiger partial charge in [0.25, 0.3) is 0 Å². The molecule has 1 aliphatic heterocycles. The van der Waals surface area contributed by atoms with Crippen molar-refractivity contribution in [3.05, 3.63) is 35.8 Å². The first-order valence-electron chi connectivity index (χ1n) is 9.01. The standard InChI is InChI=1S/C19H23N5O/c1-23(12-13-24-11-3-6-17(24)25)19-15-4-2-5-16(15)21-18(22-19)14-7-9-20-10-8-14/h7-10H,2-6,11-13H2,1H3. The first-order chi connectivity index (χ1) is 12.2. The minimum Gasteiger partial charge on any atom is -0.358 e. The molecule has 2 aromatic heterocycles. The number of aryl methyl sites for hydroxylation is 1. The number of likely N-dealkylation sites (N-methyl/N-ethyl adjacent to an activating group) is 1. The Labute approximate surface area is 147 Å². The number of hydrogen-bond donors (Lipinski definition) is 0. The Bertz CT molecular complexity index is 777. The predicted octanol–water partition coefficient (Wildman–Crippen LogP) is 2.09. The Kier molecular flexibility index (Phi) is 4.34. The van der Waals surface area contributed by atoms with Crippen LogP contribution >= 0.6 is 0 Å². The van der Waals surface area contributed by atoms with E-state index in [-0.39, 0.29) is 5.91 Å². The zero-order valence-electron chi connectivity index (χ0n) is 14.6. The second-order valence-corrected chi connectivity index (χ2v) is 6.79. The number of rotatable bonds is 5. The van der Waals surface area contributed by atoms with Gasteiger partial charge in [0, 0.05) is 62.3 Å². The van der Waals surface area contributed by atoms with Crippen molar-refractivity contribution in [2.24, 2.45) is 0 Å². The van der Waals surface area contributed by atoms with Crippen molar-refractivity contribution < 1.29 is 4.79 Å². The van der Waals surface area contributed by atoms with Crippen LogP contribution in [0.5, 0.6) is 0 Å². The summed E-state index contributed by atoms with van der Waals surface area (Å²) in [6.07, 6.45) is 8.41. The van der Waals surface area contributed by atoms with Crippen LogP contribution in [0.4, 0.5) is 5.82 Å². The lowest BCUT2D eigenvalue weighted by atomic mass is 10.2. The van der Waals surface area contributed by atoms with E-state index >= 15 is 0 Å². The second-order valence-electron chi connectivity index (χ2n) is 6.79. The van der Waals surface area contributed by atoms with Crippen LogP contribution in [0.2, 0.25) is 0 Å². The smallest absolute Gasteiger partial charge is 0.222 e. The van der Waals surface area contributed by atoms with Crippen molar-refractivity contribution in [1.29, 1.82) is 0 Å². The van der Waals surface area contributed by atoms with Gasteiger partial charge in [0.2, 0.25) is 5.91 Å². The third-order valence-electron chi connectivity index (χ3n) is 5.09. The number of hydrogen-bond acceptors (Lipinski definition) is 5. The van der Waals surface area contributed by atoms with Crippen LogP contribution in [0.1, 0.15) is 30.5 Å². The minimum absolute atomic E-state index is 0.277. The number of carbonyl (C=O) groups is 1. The van der Waals surface area contributed by atoms with Gasteiger partial charge in [-0.1, -0.05) is 0 Å². The van der Waals surface area contributed by atoms with Gasteiger partial charge in [0.15, 0.2) is 5.82 Å². The highest BCUT2D eigenvalue weighted by atomic mass is 16.2. The number of likely N-dealkylation sites (tertiary alicyclic amines) is 1. The molecule has 1 aliphatic carbocycles. The molecule has 0 N–H and O–H groups in total. The van der Waals surface area contributed by atoms with Crippen molar-refractivity contribution in [3.63, 3.8) is 0 Å². The molecular weight excluding hydrogens is 314 g/mol. The van der Waals surface area contributed by atoms with Crippen LogP contribution in [-0.4, -0.2) is 52.4 Å². The first kappa shape index (κ1) is 16.0. The summed E-state index contributed by atoms with van der Waals surface area (Å²) < 4.78 is 0. The summed E-state index contributed by atoms with van der Waals surface area (Å²) in [7, 11) is 2.07. The average Bonchev–Trinajstić information content (AvgIpc) is 3.28. The monoisotopic (exact) mass is 337 g/mol. The van der Waals surface area contributed by atoms with E-state index in [9.17, 15) is 4.79 Å². The molecule has 1 saturated heterocycles. The number of amides is 1. The fraction of sp³-hybridized carbons (Fsp3) is 0.474. The van der Waals surface area contributed by atoms with Gasteiger partial charge in [-0.2, -0.15) is 0 Å². The van der Waals surface area contributed by atoms with Crippen LogP contribution in [0.25, 0.3) is 11.4 Å². The summed E-state index contributed by atoms with van der Waals surface area (Å²) in [5, 5.41) is 0. The van der Waals surface area contributed by atoms with Crippen molar-refractivity contribution in [2.45, 2.75) is 32.1 Å². The SMILES string of the molecule is CN(CCN1CCCC1=O)c1nc(-c2ccncc2)nc2c1CCC2. The van der Waals surface area contributed by atoms with E-state index in [1.165, 1.54) is 11.3 Å². The molecule has 1 amide bonds. The van der Waals surface area contributed by atoms with Gasteiger partial charge in [0.05, 0.1) is 0 Å². The van der Waals surface area contributed by atoms with Gasteiger partial charge in [-0.25, -0.2) is 9.97 Å². The molecule has 2 aliphatic rings. The maximum atomic E-state index is 11.8. The molecule has 0 bridgehead atoms. The number of carbonyl (C=O) groups excluding carboxylic acids is 1. The Morgan fingerprint density at radius 1 is 1.12 bits per heavy atom. The molecule has 3 heterocycles. The first-order valence-corrected chi connectivity index (χ1v) is 9.01. The summed E-state index contributed by atoms with van der Waals surface area (Å²) in [5.41, 5.74) is 3.43. The maximum absolute atomic E-state index is 11.8. The summed E-state index contributed by atoms with van der Waals surface area (Å²) in [5.74, 6) is 2.06. The van der Waals surface area contributed by atoms with Crippen molar-refractivity contribution in [2.75, 3.05) is 31.6 Å². The van der Waals surface area contributed by atoms with E-state index < -0.39 is 0 Å². The molecule has 0 unspecified atom stereocenters. The summed E-state index contributed by atoms with van der Waals surface area (Å²) in [6, 6.07) is 3.90. The zero-order chi connectivity index (χ0) is 17.2. The van der Waals surface area contributed by atoms with Gasteiger partial charge in [-0.15, -0.1) is 0 Å². The molecule has 0 aromatic carbocycles. The van der Waals surface area contributed by atoms with E-state index in [1.807, 2.05) is 17.0 Å². The van der Waals surface area contributed by atoms with Gasteiger partial charge >= 0.3 is 0 Å². The van der Waals surface area contributed by atoms with Gasteiger partial charge < -0.3 is 9.80 Å². The minimum atomic E-state index is 0.277. The molecule has 6 nitrogen and oxygen atoms in total. The molecule has 0 spiro atoms. The Hall–Kier alpha value is -2.50.